The van der Waals surface area contributed by atoms with E-state index >= 15 is 0 Å². The van der Waals surface area contributed by atoms with Gasteiger partial charge in [0.15, 0.2) is 5.72 Å². The number of rotatable bonds is 11. The Balaban J connectivity index is 1.34. The number of carbonyl (C=O) groups excluding carboxylic acids is 5. The van der Waals surface area contributed by atoms with Crippen molar-refractivity contribution in [1.29, 1.82) is 0 Å². The number of alkyl carbamates (subject to hydrolysis) is 1. The van der Waals surface area contributed by atoms with Crippen LogP contribution in [0.25, 0.3) is 0 Å². The number of nitrogens with one attached hydrogen (secondary N) is 1. The number of methoxy groups -OCH3 is 2. The van der Waals surface area contributed by atoms with Crippen molar-refractivity contribution in [3.63, 3.8) is 0 Å². The Morgan fingerprint density at radius 2 is 1.85 bits per heavy atom. The van der Waals surface area contributed by atoms with Gasteiger partial charge in [-0.3, -0.25) is 24.5 Å². The molecule has 4 bridgehead atoms. The van der Waals surface area contributed by atoms with Crippen LogP contribution >= 0.6 is 23.4 Å². The molecule has 4 amide bonds. The minimum absolute atomic E-state index is 0.0277. The van der Waals surface area contributed by atoms with Crippen LogP contribution in [0.4, 0.5) is 10.5 Å². The number of esters is 1. The molecule has 0 aliphatic carbocycles. The first-order chi connectivity index (χ1) is 29.2. The topological polar surface area (TPSA) is 214 Å². The lowest BCUT2D eigenvalue weighted by molar-refractivity contribution is -0.162. The minimum atomic E-state index is -1.86. The van der Waals surface area contributed by atoms with Crippen LogP contribution in [0.15, 0.2) is 35.9 Å². The third kappa shape index (κ3) is 11.2. The quantitative estimate of drug-likeness (QED) is 0.163. The van der Waals surface area contributed by atoms with E-state index in [4.69, 9.17) is 35.3 Å². The molecule has 1 aromatic rings. The first-order valence-corrected chi connectivity index (χ1v) is 22.2. The van der Waals surface area contributed by atoms with Gasteiger partial charge < -0.3 is 48.6 Å². The fourth-order valence-corrected chi connectivity index (χ4v) is 9.31. The van der Waals surface area contributed by atoms with E-state index in [1.165, 1.54) is 49.8 Å². The number of epoxide rings is 1. The van der Waals surface area contributed by atoms with E-state index in [2.05, 4.69) is 5.32 Å². The molecule has 342 valence electrons. The molecule has 5 rings (SSSR count). The fraction of sp³-hybridized carbons (Fsp3) is 0.628. The molecular weight excluding hydrogens is 848 g/mol. The maximum atomic E-state index is 14.2. The number of carboxylic acids is 1. The van der Waals surface area contributed by atoms with E-state index < -0.39 is 77.6 Å². The molecule has 0 unspecified atom stereocenters. The number of halogens is 1. The Bertz CT molecular complexity index is 1940. The van der Waals surface area contributed by atoms with Crippen LogP contribution in [0.2, 0.25) is 5.02 Å². The third-order valence-electron chi connectivity index (χ3n) is 12.4. The highest BCUT2D eigenvalue weighted by molar-refractivity contribution is 7.99. The zero-order valence-corrected chi connectivity index (χ0v) is 38.1. The summed E-state index contributed by atoms with van der Waals surface area (Å²) in [6.07, 6.45) is 1.40. The monoisotopic (exact) mass is 906 g/mol. The van der Waals surface area contributed by atoms with Gasteiger partial charge in [-0.05, 0) is 57.7 Å². The molecule has 0 spiro atoms. The van der Waals surface area contributed by atoms with Gasteiger partial charge in [-0.25, -0.2) is 9.59 Å². The van der Waals surface area contributed by atoms with Crippen molar-refractivity contribution in [3.8, 4) is 5.75 Å². The number of hydrogen-bond donors (Lipinski definition) is 3. The number of ether oxygens (including phenoxy) is 5. The predicted molar refractivity (Wildman–Crippen MR) is 230 cm³/mol. The van der Waals surface area contributed by atoms with Gasteiger partial charge >= 0.3 is 18.0 Å². The van der Waals surface area contributed by atoms with Crippen LogP contribution in [0.3, 0.4) is 0 Å². The largest absolute Gasteiger partial charge is 0.495 e. The normalized spacial score (nSPS) is 30.1. The number of likely N-dealkylation sites (N-methyl/N-ethyl adjacent to an activating group) is 1. The molecule has 3 saturated heterocycles. The molecule has 3 fully saturated rings. The molecule has 1 aromatic carbocycles. The Kier molecular flexibility index (Phi) is 16.0. The molecule has 19 heteroatoms. The number of aliphatic carboxylic acids is 1. The van der Waals surface area contributed by atoms with Gasteiger partial charge in [-0.15, -0.1) is 0 Å². The number of carboxylic acid groups (broad SMARTS) is 1. The summed E-state index contributed by atoms with van der Waals surface area (Å²) in [5.74, 6) is -2.86. The molecular formula is C43H59ClN4O13S. The number of fused-ring (bicyclic) bond motifs is 5. The molecule has 4 aliphatic rings. The lowest BCUT2D eigenvalue weighted by Gasteiger charge is -2.42. The van der Waals surface area contributed by atoms with Crippen LogP contribution in [-0.2, 0) is 49.3 Å². The van der Waals surface area contributed by atoms with Crippen LogP contribution in [0, 0.1) is 11.8 Å². The zero-order valence-electron chi connectivity index (χ0n) is 36.5. The molecule has 17 nitrogen and oxygen atoms in total. The summed E-state index contributed by atoms with van der Waals surface area (Å²) >= 11 is 8.06. The maximum Gasteiger partial charge on any atom is 0.409 e. The van der Waals surface area contributed by atoms with E-state index in [0.29, 0.717) is 49.5 Å². The molecule has 8 atom stereocenters. The maximum absolute atomic E-state index is 14.2. The summed E-state index contributed by atoms with van der Waals surface area (Å²) in [7, 11) is 5.91. The zero-order chi connectivity index (χ0) is 45.7. The van der Waals surface area contributed by atoms with E-state index in [9.17, 15) is 39.0 Å². The number of hydrogen-bond acceptors (Lipinski definition) is 13. The second kappa shape index (κ2) is 20.4. The first-order valence-electron chi connectivity index (χ1n) is 20.7. The summed E-state index contributed by atoms with van der Waals surface area (Å²) in [5, 5.41) is 23.7. The van der Waals surface area contributed by atoms with E-state index in [1.807, 2.05) is 13.0 Å². The average molecular weight is 907 g/mol. The van der Waals surface area contributed by atoms with Gasteiger partial charge in [0.2, 0.25) is 17.7 Å². The molecule has 62 heavy (non-hydrogen) atoms. The van der Waals surface area contributed by atoms with Crippen molar-refractivity contribution in [2.45, 2.75) is 108 Å². The number of piperidine rings is 1. The van der Waals surface area contributed by atoms with E-state index in [0.717, 1.165) is 11.1 Å². The van der Waals surface area contributed by atoms with Crippen LogP contribution in [-0.4, -0.2) is 150 Å². The van der Waals surface area contributed by atoms with E-state index in [1.54, 1.807) is 50.1 Å². The lowest BCUT2D eigenvalue weighted by atomic mass is 9.83. The molecule has 4 heterocycles. The summed E-state index contributed by atoms with van der Waals surface area (Å²) in [5.41, 5.74) is -1.09. The lowest BCUT2D eigenvalue weighted by Crippen LogP contribution is -2.63. The number of thioether (sulfide) groups is 1. The molecule has 0 saturated carbocycles. The highest BCUT2D eigenvalue weighted by Gasteiger charge is 2.64. The smallest absolute Gasteiger partial charge is 0.409 e. The number of anilines is 1. The Hall–Kier alpha value is -4.36. The number of likely N-dealkylation sites (tertiary alicyclic amines) is 1. The third-order valence-corrected chi connectivity index (χ3v) is 13.7. The molecule has 0 radical (unpaired) electrons. The van der Waals surface area contributed by atoms with Gasteiger partial charge in [0.05, 0.1) is 37.0 Å². The SMILES string of the molecule is COc1cc2cc(c1Cl)N(C)C(=O)C[C@H](OC(=O)[C@H](C)N(C)C(=O)CCSCC(=O)N1CCC(C(=O)O)CC1)[C@]1(C)O[C@H]1[C@H](C)[C@@H]1C[C@@](O)(NC(=O)O1)[C@H](OC)/C=C/C=C(\C)C2. The number of carbonyl (C=O) groups is 6. The van der Waals surface area contributed by atoms with Crippen molar-refractivity contribution in [2.75, 3.05) is 57.8 Å². The van der Waals surface area contributed by atoms with Crippen molar-refractivity contribution in [2.24, 2.45) is 11.8 Å². The second-order valence-corrected chi connectivity index (χ2v) is 18.2. The fourth-order valence-electron chi connectivity index (χ4n) is 8.18. The number of benzene rings is 1. The van der Waals surface area contributed by atoms with Gasteiger partial charge in [-0.1, -0.05) is 42.3 Å². The predicted octanol–water partition coefficient (Wildman–Crippen LogP) is 3.96. The summed E-state index contributed by atoms with van der Waals surface area (Å²) < 4.78 is 29.3. The number of aliphatic hydroxyl groups is 1. The Labute approximate surface area is 371 Å². The number of amides is 4. The Morgan fingerprint density at radius 1 is 1.16 bits per heavy atom. The highest BCUT2D eigenvalue weighted by Crippen LogP contribution is 2.49. The second-order valence-electron chi connectivity index (χ2n) is 16.7. The highest BCUT2D eigenvalue weighted by atomic mass is 35.5. The first kappa shape index (κ1) is 48.7. The molecule has 4 aliphatic heterocycles. The average Bonchev–Trinajstić information content (AvgIpc) is 3.94. The van der Waals surface area contributed by atoms with Crippen molar-refractivity contribution < 1.29 is 62.7 Å². The summed E-state index contributed by atoms with van der Waals surface area (Å²) in [6.45, 7) is 7.63. The van der Waals surface area contributed by atoms with Gasteiger partial charge in [0.1, 0.15) is 40.7 Å². The number of nitrogens with zero attached hydrogens (tertiary/aromatic N) is 3. The molecule has 0 aromatic heterocycles. The number of allylic oxidation sites excluding steroid dienone is 3. The summed E-state index contributed by atoms with van der Waals surface area (Å²) in [4.78, 5) is 82.6. The van der Waals surface area contributed by atoms with Gasteiger partial charge in [-0.2, -0.15) is 11.8 Å². The van der Waals surface area contributed by atoms with Crippen LogP contribution in [0.5, 0.6) is 5.75 Å². The van der Waals surface area contributed by atoms with E-state index in [-0.39, 0.29) is 41.9 Å². The van der Waals surface area contributed by atoms with Crippen LogP contribution < -0.4 is 15.0 Å². The molecule has 3 N–H and O–H groups in total. The minimum Gasteiger partial charge on any atom is -0.495 e. The Morgan fingerprint density at radius 3 is 2.50 bits per heavy atom. The van der Waals surface area contributed by atoms with Gasteiger partial charge in [0.25, 0.3) is 0 Å². The standard InChI is InChI=1S/C43H59ClN4O13S/c1-24-10-9-11-32(58-8)43(56)22-31(59-41(55)45-43)25(2)38-42(4,61-38)33(21-35(50)47(6)29-19-27(18-24)20-30(57-7)37(29)44)60-40(54)26(3)46(5)34(49)14-17-62-23-36(51)48-15-12-28(13-16-48)39(52)53/h9-11,19-20,25-26,28,31-33,38,56H,12-18,21-23H2,1-8H3,(H,45,55)(H,52,53)/b11-9+,24-10+/t25-,26+,31+,32-,33+,38+,42+,43+/m1/s1. The van der Waals surface area contributed by atoms with Crippen molar-refractivity contribution >= 4 is 64.8 Å². The van der Waals surface area contributed by atoms with Gasteiger partial charge in [0, 0.05) is 58.8 Å². The summed E-state index contributed by atoms with van der Waals surface area (Å²) in [6, 6.07) is 2.46. The van der Waals surface area contributed by atoms with Crippen LogP contribution in [0.1, 0.15) is 65.4 Å². The van der Waals surface area contributed by atoms with Crippen molar-refractivity contribution in [3.05, 3.63) is 46.5 Å². The van der Waals surface area contributed by atoms with Crippen molar-refractivity contribution in [1.82, 2.24) is 15.1 Å².